The van der Waals surface area contributed by atoms with Gasteiger partial charge in [0.25, 0.3) is 0 Å². The highest BCUT2D eigenvalue weighted by molar-refractivity contribution is 7.99. The highest BCUT2D eigenvalue weighted by atomic mass is 32.2. The molecular weight excluding hydrogens is 264 g/mol. The quantitative estimate of drug-likeness (QED) is 0.817. The highest BCUT2D eigenvalue weighted by Gasteiger charge is 2.07. The summed E-state index contributed by atoms with van der Waals surface area (Å²) in [4.78, 5) is 4.54. The van der Waals surface area contributed by atoms with Crippen LogP contribution in [0.4, 0.5) is 0 Å². The van der Waals surface area contributed by atoms with Crippen molar-refractivity contribution in [1.82, 2.24) is 20.0 Å². The predicted molar refractivity (Wildman–Crippen MR) is 77.3 cm³/mol. The average molecular weight is 282 g/mol. The molecule has 0 fully saturated rings. The van der Waals surface area contributed by atoms with Gasteiger partial charge in [0.05, 0.1) is 17.9 Å². The molecule has 0 radical (unpaired) electrons. The van der Waals surface area contributed by atoms with Crippen molar-refractivity contribution < 1.29 is 0 Å². The molecule has 18 heavy (non-hydrogen) atoms. The molecule has 0 spiro atoms. The maximum Gasteiger partial charge on any atom is 0.114 e. The van der Waals surface area contributed by atoms with E-state index >= 15 is 0 Å². The normalized spacial score (nSPS) is 12.8. The Bertz CT molecular complexity index is 492. The minimum Gasteiger partial charge on any atom is -0.245 e. The van der Waals surface area contributed by atoms with Crippen molar-refractivity contribution in [2.75, 3.05) is 6.26 Å². The monoisotopic (exact) mass is 282 g/mol. The van der Waals surface area contributed by atoms with Gasteiger partial charge in [0.2, 0.25) is 0 Å². The summed E-state index contributed by atoms with van der Waals surface area (Å²) < 4.78 is 1.88. The maximum atomic E-state index is 4.54. The number of aromatic nitrogens is 4. The van der Waals surface area contributed by atoms with Gasteiger partial charge in [0.1, 0.15) is 5.01 Å². The van der Waals surface area contributed by atoms with E-state index in [4.69, 9.17) is 0 Å². The number of thioether (sulfide) groups is 1. The number of rotatable bonds is 6. The Labute approximate surface area is 116 Å². The second-order valence-corrected chi connectivity index (χ2v) is 6.46. The molecule has 0 saturated heterocycles. The third-order valence-electron chi connectivity index (χ3n) is 2.74. The van der Waals surface area contributed by atoms with Crippen molar-refractivity contribution in [1.29, 1.82) is 0 Å². The van der Waals surface area contributed by atoms with E-state index in [2.05, 4.69) is 40.8 Å². The summed E-state index contributed by atoms with van der Waals surface area (Å²) in [6, 6.07) is 0. The first-order valence-electron chi connectivity index (χ1n) is 6.06. The average Bonchev–Trinajstić information content (AvgIpc) is 2.99. The molecule has 0 amide bonds. The van der Waals surface area contributed by atoms with E-state index in [1.165, 1.54) is 0 Å². The molecule has 0 aliphatic rings. The minimum atomic E-state index is 0.585. The molecule has 98 valence electrons. The molecule has 1 atom stereocenters. The Balaban J connectivity index is 1.97. The van der Waals surface area contributed by atoms with Crippen molar-refractivity contribution in [3.05, 3.63) is 28.0 Å². The van der Waals surface area contributed by atoms with Crippen LogP contribution in [0.2, 0.25) is 0 Å². The van der Waals surface area contributed by atoms with Crippen LogP contribution in [-0.2, 0) is 19.4 Å². The molecule has 2 aromatic rings. The first-order valence-corrected chi connectivity index (χ1v) is 8.23. The minimum absolute atomic E-state index is 0.585. The molecule has 0 saturated carbocycles. The first-order chi connectivity index (χ1) is 8.71. The zero-order chi connectivity index (χ0) is 13.0. The van der Waals surface area contributed by atoms with Crippen molar-refractivity contribution in [2.24, 2.45) is 0 Å². The van der Waals surface area contributed by atoms with Crippen molar-refractivity contribution in [2.45, 2.75) is 38.5 Å². The van der Waals surface area contributed by atoms with Crippen LogP contribution in [0.15, 0.2) is 11.6 Å². The van der Waals surface area contributed by atoms with Gasteiger partial charge in [0.15, 0.2) is 0 Å². The van der Waals surface area contributed by atoms with E-state index in [1.54, 1.807) is 11.3 Å². The SMILES string of the molecule is CCc1csc(Cn2cc(C[C@@H](C)SC)nn2)n1. The van der Waals surface area contributed by atoms with E-state index in [0.717, 1.165) is 35.8 Å². The van der Waals surface area contributed by atoms with Gasteiger partial charge in [0, 0.05) is 23.2 Å². The van der Waals surface area contributed by atoms with Gasteiger partial charge >= 0.3 is 0 Å². The molecule has 4 nitrogen and oxygen atoms in total. The number of nitrogens with zero attached hydrogens (tertiary/aromatic N) is 4. The molecule has 6 heteroatoms. The Hall–Kier alpha value is -0.880. The third kappa shape index (κ3) is 3.55. The Kier molecular flexibility index (Phi) is 4.77. The number of aryl methyl sites for hydroxylation is 1. The van der Waals surface area contributed by atoms with E-state index < -0.39 is 0 Å². The molecule has 2 heterocycles. The first kappa shape index (κ1) is 13.5. The molecule has 0 N–H and O–H groups in total. The van der Waals surface area contributed by atoms with Crippen LogP contribution in [0.5, 0.6) is 0 Å². The lowest BCUT2D eigenvalue weighted by Gasteiger charge is -2.03. The number of hydrogen-bond acceptors (Lipinski definition) is 5. The molecular formula is C12H18N4S2. The van der Waals surface area contributed by atoms with Crippen LogP contribution in [0.1, 0.15) is 30.2 Å². The van der Waals surface area contributed by atoms with Gasteiger partial charge < -0.3 is 0 Å². The number of hydrogen-bond donors (Lipinski definition) is 0. The summed E-state index contributed by atoms with van der Waals surface area (Å²) in [6.07, 6.45) is 6.11. The summed E-state index contributed by atoms with van der Waals surface area (Å²) in [7, 11) is 0. The molecule has 0 unspecified atom stereocenters. The third-order valence-corrected chi connectivity index (χ3v) is 4.60. The van der Waals surface area contributed by atoms with Crippen LogP contribution in [0, 0.1) is 0 Å². The Morgan fingerprint density at radius 2 is 2.28 bits per heavy atom. The fraction of sp³-hybridized carbons (Fsp3) is 0.583. The van der Waals surface area contributed by atoms with Crippen molar-refractivity contribution in [3.63, 3.8) is 0 Å². The van der Waals surface area contributed by atoms with Crippen LogP contribution < -0.4 is 0 Å². The zero-order valence-electron chi connectivity index (χ0n) is 11.0. The van der Waals surface area contributed by atoms with Gasteiger partial charge in [-0.1, -0.05) is 19.1 Å². The van der Waals surface area contributed by atoms with Crippen molar-refractivity contribution >= 4 is 23.1 Å². The second kappa shape index (κ2) is 6.33. The molecule has 0 bridgehead atoms. The summed E-state index contributed by atoms with van der Waals surface area (Å²) in [5.74, 6) is 0. The summed E-state index contributed by atoms with van der Waals surface area (Å²) in [5.41, 5.74) is 2.22. The lowest BCUT2D eigenvalue weighted by atomic mass is 10.3. The zero-order valence-corrected chi connectivity index (χ0v) is 12.6. The second-order valence-electron chi connectivity index (χ2n) is 4.24. The van der Waals surface area contributed by atoms with Gasteiger partial charge in [-0.25, -0.2) is 9.67 Å². The Morgan fingerprint density at radius 1 is 1.44 bits per heavy atom. The summed E-state index contributed by atoms with van der Waals surface area (Å²) in [6.45, 7) is 5.06. The molecule has 0 aromatic carbocycles. The van der Waals surface area contributed by atoms with Gasteiger partial charge in [-0.05, 0) is 12.7 Å². The Morgan fingerprint density at radius 3 is 2.94 bits per heavy atom. The topological polar surface area (TPSA) is 43.6 Å². The van der Waals surface area contributed by atoms with Gasteiger partial charge in [-0.2, -0.15) is 11.8 Å². The van der Waals surface area contributed by atoms with Crippen molar-refractivity contribution in [3.8, 4) is 0 Å². The standard InChI is InChI=1S/C12H18N4S2/c1-4-10-8-18-12(13-10)7-16-6-11(14-15-16)5-9(2)17-3/h6,8-9H,4-5,7H2,1-3H3/t9-/m1/s1. The smallest absolute Gasteiger partial charge is 0.114 e. The fourth-order valence-corrected chi connectivity index (χ4v) is 2.82. The maximum absolute atomic E-state index is 4.54. The van der Waals surface area contributed by atoms with Gasteiger partial charge in [-0.15, -0.1) is 16.4 Å². The van der Waals surface area contributed by atoms with Crippen LogP contribution in [0.3, 0.4) is 0 Å². The predicted octanol–water partition coefficient (Wildman–Crippen LogP) is 2.64. The summed E-state index contributed by atoms with van der Waals surface area (Å²) in [5, 5.41) is 12.2. The molecule has 0 aliphatic carbocycles. The van der Waals surface area contributed by atoms with E-state index in [1.807, 2.05) is 22.6 Å². The lowest BCUT2D eigenvalue weighted by Crippen LogP contribution is -2.01. The van der Waals surface area contributed by atoms with Crippen LogP contribution >= 0.6 is 23.1 Å². The molecule has 2 rings (SSSR count). The lowest BCUT2D eigenvalue weighted by molar-refractivity contribution is 0.645. The molecule has 2 aromatic heterocycles. The van der Waals surface area contributed by atoms with E-state index in [0.29, 0.717) is 5.25 Å². The molecule has 0 aliphatic heterocycles. The van der Waals surface area contributed by atoms with E-state index in [-0.39, 0.29) is 0 Å². The van der Waals surface area contributed by atoms with Crippen LogP contribution in [-0.4, -0.2) is 31.5 Å². The highest BCUT2D eigenvalue weighted by Crippen LogP contribution is 2.13. The van der Waals surface area contributed by atoms with Gasteiger partial charge in [-0.3, -0.25) is 0 Å². The summed E-state index contributed by atoms with van der Waals surface area (Å²) >= 11 is 3.54. The van der Waals surface area contributed by atoms with Crippen LogP contribution in [0.25, 0.3) is 0 Å². The number of thiazole rings is 1. The van der Waals surface area contributed by atoms with E-state index in [9.17, 15) is 0 Å². The largest absolute Gasteiger partial charge is 0.245 e. The fourth-order valence-electron chi connectivity index (χ4n) is 1.61.